The number of hydrogen-bond donors (Lipinski definition) is 1. The van der Waals surface area contributed by atoms with E-state index in [2.05, 4.69) is 4.72 Å². The van der Waals surface area contributed by atoms with Gasteiger partial charge in [0.25, 0.3) is 10.0 Å². The van der Waals surface area contributed by atoms with Crippen LogP contribution in [-0.2, 0) is 35.7 Å². The van der Waals surface area contributed by atoms with E-state index < -0.39 is 10.0 Å². The third kappa shape index (κ3) is 2.41. The second-order valence-electron chi connectivity index (χ2n) is 6.23. The number of anilines is 1. The molecule has 2 aromatic carbocycles. The molecular formula is C18H19NO2S. The maximum Gasteiger partial charge on any atom is 0.261 e. The Balaban J connectivity index is 1.64. The summed E-state index contributed by atoms with van der Waals surface area (Å²) in [6, 6.07) is 11.4. The number of aryl methyl sites for hydroxylation is 4. The molecule has 2 aromatic rings. The van der Waals surface area contributed by atoms with Gasteiger partial charge in [-0.1, -0.05) is 12.1 Å². The molecular weight excluding hydrogens is 294 g/mol. The molecule has 2 aliphatic rings. The average molecular weight is 313 g/mol. The van der Waals surface area contributed by atoms with Crippen LogP contribution in [0.25, 0.3) is 0 Å². The van der Waals surface area contributed by atoms with E-state index in [1.165, 1.54) is 22.3 Å². The van der Waals surface area contributed by atoms with Crippen molar-refractivity contribution in [3.05, 3.63) is 58.7 Å². The topological polar surface area (TPSA) is 46.2 Å². The van der Waals surface area contributed by atoms with Gasteiger partial charge < -0.3 is 0 Å². The minimum absolute atomic E-state index is 0.369. The number of hydrogen-bond acceptors (Lipinski definition) is 2. The summed E-state index contributed by atoms with van der Waals surface area (Å²) >= 11 is 0. The van der Waals surface area contributed by atoms with Crippen molar-refractivity contribution in [1.29, 1.82) is 0 Å². The highest BCUT2D eigenvalue weighted by Crippen LogP contribution is 2.28. The zero-order valence-electron chi connectivity index (χ0n) is 12.4. The maximum absolute atomic E-state index is 12.6. The summed E-state index contributed by atoms with van der Waals surface area (Å²) in [6.45, 7) is 0. The van der Waals surface area contributed by atoms with E-state index in [0.717, 1.165) is 38.5 Å². The molecule has 0 unspecified atom stereocenters. The number of rotatable bonds is 3. The molecule has 0 atom stereocenters. The predicted molar refractivity (Wildman–Crippen MR) is 87.7 cm³/mol. The van der Waals surface area contributed by atoms with Crippen molar-refractivity contribution in [2.75, 3.05) is 4.72 Å². The first-order valence-corrected chi connectivity index (χ1v) is 9.37. The lowest BCUT2D eigenvalue weighted by molar-refractivity contribution is 0.601. The van der Waals surface area contributed by atoms with Crippen molar-refractivity contribution in [3.8, 4) is 0 Å². The van der Waals surface area contributed by atoms with Gasteiger partial charge in [-0.05, 0) is 85.0 Å². The Morgan fingerprint density at radius 1 is 0.727 bits per heavy atom. The highest BCUT2D eigenvalue weighted by Gasteiger charge is 2.19. The van der Waals surface area contributed by atoms with Crippen molar-refractivity contribution >= 4 is 15.7 Å². The van der Waals surface area contributed by atoms with Crippen LogP contribution in [0.4, 0.5) is 5.69 Å². The fourth-order valence-corrected chi connectivity index (χ4v) is 4.66. The Bertz CT molecular complexity index is 840. The van der Waals surface area contributed by atoms with Gasteiger partial charge in [0.15, 0.2) is 0 Å². The zero-order valence-corrected chi connectivity index (χ0v) is 13.2. The lowest BCUT2D eigenvalue weighted by atomic mass is 10.1. The Morgan fingerprint density at radius 2 is 1.32 bits per heavy atom. The Hall–Kier alpha value is -1.81. The minimum Gasteiger partial charge on any atom is -0.280 e. The summed E-state index contributed by atoms with van der Waals surface area (Å²) in [5.41, 5.74) is 5.75. The van der Waals surface area contributed by atoms with Crippen LogP contribution in [0.2, 0.25) is 0 Å². The smallest absolute Gasteiger partial charge is 0.261 e. The van der Waals surface area contributed by atoms with Crippen molar-refractivity contribution in [1.82, 2.24) is 0 Å². The summed E-state index contributed by atoms with van der Waals surface area (Å²) in [5.74, 6) is 0. The van der Waals surface area contributed by atoms with Gasteiger partial charge in [-0.3, -0.25) is 4.72 Å². The van der Waals surface area contributed by atoms with E-state index in [9.17, 15) is 8.42 Å². The van der Waals surface area contributed by atoms with Crippen LogP contribution in [0.3, 0.4) is 0 Å². The van der Waals surface area contributed by atoms with Gasteiger partial charge in [0.2, 0.25) is 0 Å². The number of sulfonamides is 1. The van der Waals surface area contributed by atoms with E-state index in [1.54, 1.807) is 6.07 Å². The number of fused-ring (bicyclic) bond motifs is 2. The zero-order chi connectivity index (χ0) is 15.2. The molecule has 22 heavy (non-hydrogen) atoms. The van der Waals surface area contributed by atoms with Gasteiger partial charge in [0, 0.05) is 5.69 Å². The van der Waals surface area contributed by atoms with Crippen LogP contribution in [-0.4, -0.2) is 8.42 Å². The molecule has 4 rings (SSSR count). The molecule has 0 aliphatic heterocycles. The van der Waals surface area contributed by atoms with Gasteiger partial charge in [0.05, 0.1) is 4.90 Å². The average Bonchev–Trinajstić information content (AvgIpc) is 3.14. The summed E-state index contributed by atoms with van der Waals surface area (Å²) in [4.78, 5) is 0.369. The molecule has 0 amide bonds. The molecule has 0 radical (unpaired) electrons. The second-order valence-corrected chi connectivity index (χ2v) is 7.91. The van der Waals surface area contributed by atoms with Gasteiger partial charge in [-0.25, -0.2) is 8.42 Å². The monoisotopic (exact) mass is 313 g/mol. The highest BCUT2D eigenvalue weighted by molar-refractivity contribution is 7.92. The summed E-state index contributed by atoms with van der Waals surface area (Å²) < 4.78 is 27.9. The van der Waals surface area contributed by atoms with Gasteiger partial charge in [-0.2, -0.15) is 0 Å². The van der Waals surface area contributed by atoms with Gasteiger partial charge in [0.1, 0.15) is 0 Å². The minimum atomic E-state index is -3.50. The molecule has 3 nitrogen and oxygen atoms in total. The third-order valence-electron chi connectivity index (χ3n) is 4.73. The molecule has 0 aromatic heterocycles. The summed E-state index contributed by atoms with van der Waals surface area (Å²) in [7, 11) is -3.50. The first-order chi connectivity index (χ1) is 10.6. The van der Waals surface area contributed by atoms with E-state index >= 15 is 0 Å². The lowest BCUT2D eigenvalue weighted by Crippen LogP contribution is -2.13. The molecule has 0 saturated heterocycles. The molecule has 0 spiro atoms. The molecule has 4 heteroatoms. The van der Waals surface area contributed by atoms with Crippen LogP contribution in [0.15, 0.2) is 41.3 Å². The third-order valence-corrected chi connectivity index (χ3v) is 6.11. The van der Waals surface area contributed by atoms with E-state index in [1.807, 2.05) is 30.3 Å². The fraction of sp³-hybridized carbons (Fsp3) is 0.333. The van der Waals surface area contributed by atoms with Gasteiger partial charge in [-0.15, -0.1) is 0 Å². The quantitative estimate of drug-likeness (QED) is 0.943. The molecule has 2 aliphatic carbocycles. The summed E-state index contributed by atoms with van der Waals surface area (Å²) in [6.07, 6.45) is 6.48. The Labute approximate surface area is 131 Å². The predicted octanol–water partition coefficient (Wildman–Crippen LogP) is 3.46. The molecule has 0 fully saturated rings. The number of nitrogens with one attached hydrogen (secondary N) is 1. The van der Waals surface area contributed by atoms with Crippen LogP contribution >= 0.6 is 0 Å². The molecule has 114 valence electrons. The van der Waals surface area contributed by atoms with Crippen LogP contribution in [0.5, 0.6) is 0 Å². The second kappa shape index (κ2) is 5.13. The van der Waals surface area contributed by atoms with Crippen molar-refractivity contribution in [2.45, 2.75) is 43.4 Å². The maximum atomic E-state index is 12.6. The Morgan fingerprint density at radius 3 is 2.05 bits per heavy atom. The lowest BCUT2D eigenvalue weighted by Gasteiger charge is -2.11. The van der Waals surface area contributed by atoms with Crippen LogP contribution < -0.4 is 4.72 Å². The molecule has 0 heterocycles. The van der Waals surface area contributed by atoms with Crippen LogP contribution in [0, 0.1) is 0 Å². The van der Waals surface area contributed by atoms with E-state index in [4.69, 9.17) is 0 Å². The van der Waals surface area contributed by atoms with Crippen molar-refractivity contribution in [3.63, 3.8) is 0 Å². The first kappa shape index (κ1) is 13.8. The molecule has 0 bridgehead atoms. The standard InChI is InChI=1S/C18H19NO2S/c20-22(21,18-10-8-14-4-2-6-16(14)12-18)19-17-9-7-13-3-1-5-15(13)11-17/h7-12,19H,1-6H2. The van der Waals surface area contributed by atoms with Crippen molar-refractivity contribution < 1.29 is 8.42 Å². The largest absolute Gasteiger partial charge is 0.280 e. The molecule has 0 saturated carbocycles. The number of benzene rings is 2. The van der Waals surface area contributed by atoms with E-state index in [0.29, 0.717) is 10.6 Å². The van der Waals surface area contributed by atoms with Gasteiger partial charge >= 0.3 is 0 Å². The fourth-order valence-electron chi connectivity index (χ4n) is 3.56. The summed E-state index contributed by atoms with van der Waals surface area (Å²) in [5, 5.41) is 0. The van der Waals surface area contributed by atoms with Crippen LogP contribution in [0.1, 0.15) is 35.1 Å². The highest BCUT2D eigenvalue weighted by atomic mass is 32.2. The van der Waals surface area contributed by atoms with Crippen molar-refractivity contribution in [2.24, 2.45) is 0 Å². The van der Waals surface area contributed by atoms with E-state index in [-0.39, 0.29) is 0 Å². The Kier molecular flexibility index (Phi) is 3.22. The SMILES string of the molecule is O=S(=O)(Nc1ccc2c(c1)CCC2)c1ccc2c(c1)CCC2. The normalized spacial score (nSPS) is 16.4. The first-order valence-electron chi connectivity index (χ1n) is 7.88. The molecule has 1 N–H and O–H groups in total.